The van der Waals surface area contributed by atoms with Gasteiger partial charge in [0, 0.05) is 28.5 Å². The van der Waals surface area contributed by atoms with Crippen LogP contribution in [0.2, 0.25) is 0 Å². The molecule has 0 aromatic heterocycles. The molecule has 1 aliphatic rings. The molecule has 0 bridgehead atoms. The van der Waals surface area contributed by atoms with E-state index in [9.17, 15) is 26.3 Å². The Labute approximate surface area is 224 Å². The van der Waals surface area contributed by atoms with Crippen molar-refractivity contribution >= 4 is 23.1 Å². The van der Waals surface area contributed by atoms with Gasteiger partial charge in [-0.2, -0.15) is 0 Å². The first-order chi connectivity index (χ1) is 18.5. The molecule has 40 heavy (non-hydrogen) atoms. The standard InChI is InChI=1S/C28H24BF10N/c1-27(2)10-7-11-28(3,4)40(27)12-13-8-5-6-9-14(13)29(15-17(30)21(34)25(38)22(35)18(15)31)16-19(32)23(36)26(39)24(37)20(16)33/h5-6,8-9H,7,10-12H2,1-4H3. The van der Waals surface area contributed by atoms with E-state index < -0.39 is 92.4 Å². The van der Waals surface area contributed by atoms with Gasteiger partial charge in [0.05, 0.1) is 0 Å². The Morgan fingerprint density at radius 2 is 0.925 bits per heavy atom. The van der Waals surface area contributed by atoms with E-state index in [1.807, 2.05) is 32.6 Å². The molecule has 0 atom stereocenters. The summed E-state index contributed by atoms with van der Waals surface area (Å²) >= 11 is 0. The summed E-state index contributed by atoms with van der Waals surface area (Å²) in [6.07, 6.45) is 2.34. The highest BCUT2D eigenvalue weighted by Crippen LogP contribution is 2.39. The second kappa shape index (κ2) is 10.4. The first-order valence-corrected chi connectivity index (χ1v) is 12.4. The number of halogens is 10. The largest absolute Gasteiger partial charge is 0.289 e. The SMILES string of the molecule is CC1(C)CCCC(C)(C)N1Cc1ccccc1B(c1c(F)c(F)c(F)c(F)c1F)c1c(F)c(F)c(F)c(F)c1F. The van der Waals surface area contributed by atoms with E-state index in [2.05, 4.69) is 0 Å². The van der Waals surface area contributed by atoms with Gasteiger partial charge in [0.2, 0.25) is 0 Å². The number of rotatable bonds is 5. The molecule has 0 aliphatic carbocycles. The van der Waals surface area contributed by atoms with Crippen LogP contribution in [0.1, 0.15) is 52.5 Å². The van der Waals surface area contributed by atoms with Crippen molar-refractivity contribution in [2.75, 3.05) is 0 Å². The Hall–Kier alpha value is -3.02. The van der Waals surface area contributed by atoms with Gasteiger partial charge in [0.15, 0.2) is 58.2 Å². The van der Waals surface area contributed by atoms with Crippen LogP contribution in [-0.2, 0) is 6.54 Å². The van der Waals surface area contributed by atoms with Gasteiger partial charge in [-0.3, -0.25) is 4.90 Å². The molecule has 1 heterocycles. The first-order valence-electron chi connectivity index (χ1n) is 12.4. The van der Waals surface area contributed by atoms with Gasteiger partial charge < -0.3 is 0 Å². The molecule has 12 heteroatoms. The summed E-state index contributed by atoms with van der Waals surface area (Å²) in [7, 11) is 0. The van der Waals surface area contributed by atoms with Gasteiger partial charge in [-0.15, -0.1) is 0 Å². The van der Waals surface area contributed by atoms with Crippen molar-refractivity contribution in [1.82, 2.24) is 4.90 Å². The van der Waals surface area contributed by atoms with E-state index in [0.29, 0.717) is 0 Å². The molecular weight excluding hydrogens is 551 g/mol. The Balaban J connectivity index is 2.09. The number of nitrogens with zero attached hydrogens (tertiary/aromatic N) is 1. The maximum atomic E-state index is 15.2. The summed E-state index contributed by atoms with van der Waals surface area (Å²) in [5, 5.41) is 0. The molecule has 0 N–H and O–H groups in total. The molecule has 3 aromatic carbocycles. The quantitative estimate of drug-likeness (QED) is 0.153. The maximum absolute atomic E-state index is 15.2. The summed E-state index contributed by atoms with van der Waals surface area (Å²) in [5.41, 5.74) is -4.68. The fraction of sp³-hybridized carbons (Fsp3) is 0.357. The third-order valence-corrected chi connectivity index (χ3v) is 7.80. The molecule has 0 radical (unpaired) electrons. The highest BCUT2D eigenvalue weighted by molar-refractivity contribution is 6.96. The fourth-order valence-corrected chi connectivity index (χ4v) is 5.81. The summed E-state index contributed by atoms with van der Waals surface area (Å²) in [6, 6.07) is 5.23. The van der Waals surface area contributed by atoms with Crippen LogP contribution < -0.4 is 16.4 Å². The van der Waals surface area contributed by atoms with E-state index in [4.69, 9.17) is 0 Å². The van der Waals surface area contributed by atoms with Gasteiger partial charge in [-0.05, 0) is 52.5 Å². The third-order valence-electron chi connectivity index (χ3n) is 7.80. The second-order valence-electron chi connectivity index (χ2n) is 11.2. The van der Waals surface area contributed by atoms with Gasteiger partial charge in [-0.25, -0.2) is 43.9 Å². The molecule has 0 unspecified atom stereocenters. The molecule has 0 amide bonds. The van der Waals surface area contributed by atoms with Crippen molar-refractivity contribution in [3.8, 4) is 0 Å². The van der Waals surface area contributed by atoms with E-state index in [1.54, 1.807) is 0 Å². The van der Waals surface area contributed by atoms with E-state index in [0.717, 1.165) is 25.3 Å². The van der Waals surface area contributed by atoms with Crippen LogP contribution in [0.3, 0.4) is 0 Å². The number of piperidine rings is 1. The Bertz CT molecular complexity index is 1340. The zero-order chi connectivity index (χ0) is 29.9. The number of likely N-dealkylation sites (tertiary alicyclic amines) is 1. The van der Waals surface area contributed by atoms with Crippen molar-refractivity contribution in [3.05, 3.63) is 88.0 Å². The highest BCUT2D eigenvalue weighted by Gasteiger charge is 2.44. The monoisotopic (exact) mass is 575 g/mol. The van der Waals surface area contributed by atoms with E-state index in [-0.39, 0.29) is 12.1 Å². The van der Waals surface area contributed by atoms with Gasteiger partial charge in [0.1, 0.15) is 0 Å². The smallest absolute Gasteiger partial charge is 0.257 e. The Kier molecular flexibility index (Phi) is 7.81. The number of benzene rings is 3. The first kappa shape index (κ1) is 30.0. The van der Waals surface area contributed by atoms with Crippen molar-refractivity contribution in [2.24, 2.45) is 0 Å². The number of hydrogen-bond acceptors (Lipinski definition) is 1. The average molecular weight is 575 g/mol. The zero-order valence-electron chi connectivity index (χ0n) is 21.9. The predicted octanol–water partition coefficient (Wildman–Crippen LogP) is 6.14. The molecular formula is C28H24BF10N. The highest BCUT2D eigenvalue weighted by atomic mass is 19.2. The minimum atomic E-state index is -2.60. The molecule has 1 saturated heterocycles. The molecule has 1 fully saturated rings. The molecule has 1 nitrogen and oxygen atoms in total. The molecule has 4 rings (SSSR count). The van der Waals surface area contributed by atoms with Gasteiger partial charge >= 0.3 is 0 Å². The fourth-order valence-electron chi connectivity index (χ4n) is 5.81. The summed E-state index contributed by atoms with van der Waals surface area (Å²) in [6.45, 7) is 5.10. The molecule has 1 aliphatic heterocycles. The van der Waals surface area contributed by atoms with E-state index in [1.165, 1.54) is 18.2 Å². The lowest BCUT2D eigenvalue weighted by Crippen LogP contribution is -2.61. The third kappa shape index (κ3) is 4.78. The van der Waals surface area contributed by atoms with Crippen LogP contribution in [0.5, 0.6) is 0 Å². The molecule has 0 spiro atoms. The van der Waals surface area contributed by atoms with Gasteiger partial charge in [0.25, 0.3) is 6.71 Å². The van der Waals surface area contributed by atoms with Crippen LogP contribution in [-0.4, -0.2) is 22.7 Å². The van der Waals surface area contributed by atoms with Crippen molar-refractivity contribution in [2.45, 2.75) is 64.6 Å². The van der Waals surface area contributed by atoms with Crippen molar-refractivity contribution in [3.63, 3.8) is 0 Å². The molecule has 214 valence electrons. The minimum Gasteiger partial charge on any atom is -0.289 e. The lowest BCUT2D eigenvalue weighted by Gasteiger charge is -2.53. The van der Waals surface area contributed by atoms with Gasteiger partial charge in [-0.1, -0.05) is 29.7 Å². The average Bonchev–Trinajstić information content (AvgIpc) is 2.90. The summed E-state index contributed by atoms with van der Waals surface area (Å²) in [5.74, 6) is -24.6. The zero-order valence-corrected chi connectivity index (χ0v) is 21.9. The number of hydrogen-bond donors (Lipinski definition) is 0. The van der Waals surface area contributed by atoms with Crippen molar-refractivity contribution in [1.29, 1.82) is 0 Å². The van der Waals surface area contributed by atoms with Crippen LogP contribution in [0, 0.1) is 58.2 Å². The predicted molar refractivity (Wildman–Crippen MR) is 131 cm³/mol. The maximum Gasteiger partial charge on any atom is 0.257 e. The lowest BCUT2D eigenvalue weighted by molar-refractivity contribution is -0.0338. The Morgan fingerprint density at radius 1 is 0.575 bits per heavy atom. The van der Waals surface area contributed by atoms with Crippen LogP contribution >= 0.6 is 0 Å². The minimum absolute atomic E-state index is 0.0303. The lowest BCUT2D eigenvalue weighted by atomic mass is 9.35. The normalized spacial score (nSPS) is 16.9. The summed E-state index contributed by atoms with van der Waals surface area (Å²) in [4.78, 5) is 2.01. The van der Waals surface area contributed by atoms with Crippen LogP contribution in [0.4, 0.5) is 43.9 Å². The van der Waals surface area contributed by atoms with Crippen LogP contribution in [0.15, 0.2) is 24.3 Å². The van der Waals surface area contributed by atoms with E-state index >= 15 is 17.6 Å². The second-order valence-corrected chi connectivity index (χ2v) is 11.2. The molecule has 3 aromatic rings. The van der Waals surface area contributed by atoms with Crippen LogP contribution in [0.25, 0.3) is 0 Å². The molecule has 0 saturated carbocycles. The van der Waals surface area contributed by atoms with Crippen molar-refractivity contribution < 1.29 is 43.9 Å². The summed E-state index contributed by atoms with van der Waals surface area (Å²) < 4.78 is 146. The Morgan fingerprint density at radius 3 is 1.32 bits per heavy atom. The topological polar surface area (TPSA) is 3.24 Å².